The molecule has 1 heteroatoms. The van der Waals surface area contributed by atoms with Gasteiger partial charge in [0.05, 0.1) is 6.10 Å². The summed E-state index contributed by atoms with van der Waals surface area (Å²) in [5.41, 5.74) is 0. The monoisotopic (exact) mass is 318 g/mol. The standard InChI is InChI=1S/C22H38O/c1-3-4-5-6-7-8-19-9-11-20(12-10-19)13-14-21-15-17-22(23-2)18-16-21/h19-22H,3-12,15-18H2,1-2H3. The zero-order valence-corrected chi connectivity index (χ0v) is 15.6. The van der Waals surface area contributed by atoms with Gasteiger partial charge in [-0.05, 0) is 57.3 Å². The van der Waals surface area contributed by atoms with Crippen molar-refractivity contribution in [3.05, 3.63) is 0 Å². The highest BCUT2D eigenvalue weighted by Gasteiger charge is 2.21. The smallest absolute Gasteiger partial charge is 0.0572 e. The molecular weight excluding hydrogens is 280 g/mol. The highest BCUT2D eigenvalue weighted by molar-refractivity contribution is 5.09. The van der Waals surface area contributed by atoms with E-state index >= 15 is 0 Å². The van der Waals surface area contributed by atoms with Gasteiger partial charge in [0.1, 0.15) is 0 Å². The predicted molar refractivity (Wildman–Crippen MR) is 99.4 cm³/mol. The first-order chi connectivity index (χ1) is 11.3. The van der Waals surface area contributed by atoms with Gasteiger partial charge in [-0.2, -0.15) is 0 Å². The van der Waals surface area contributed by atoms with E-state index in [1.54, 1.807) is 0 Å². The largest absolute Gasteiger partial charge is 0.381 e. The Morgan fingerprint density at radius 3 is 1.87 bits per heavy atom. The zero-order valence-electron chi connectivity index (χ0n) is 15.6. The lowest BCUT2D eigenvalue weighted by atomic mass is 9.79. The summed E-state index contributed by atoms with van der Waals surface area (Å²) in [4.78, 5) is 0. The van der Waals surface area contributed by atoms with Gasteiger partial charge in [-0.3, -0.25) is 0 Å². The predicted octanol–water partition coefficient (Wildman–Crippen LogP) is 6.36. The average Bonchev–Trinajstić information content (AvgIpc) is 2.61. The molecule has 0 radical (unpaired) electrons. The zero-order chi connectivity index (χ0) is 16.3. The Morgan fingerprint density at radius 1 is 0.739 bits per heavy atom. The number of hydrogen-bond acceptors (Lipinski definition) is 1. The number of hydrogen-bond donors (Lipinski definition) is 0. The second-order valence-electron chi connectivity index (χ2n) is 7.92. The van der Waals surface area contributed by atoms with E-state index in [0.717, 1.165) is 5.92 Å². The molecule has 0 aromatic rings. The van der Waals surface area contributed by atoms with Gasteiger partial charge in [0, 0.05) is 18.9 Å². The Balaban J connectivity index is 1.57. The number of unbranched alkanes of at least 4 members (excludes halogenated alkanes) is 4. The Bertz CT molecular complexity index is 348. The fourth-order valence-electron chi connectivity index (χ4n) is 4.31. The van der Waals surface area contributed by atoms with Crippen molar-refractivity contribution in [1.82, 2.24) is 0 Å². The minimum absolute atomic E-state index is 0.501. The highest BCUT2D eigenvalue weighted by Crippen LogP contribution is 2.32. The lowest BCUT2D eigenvalue weighted by molar-refractivity contribution is 0.0636. The third-order valence-electron chi connectivity index (χ3n) is 6.06. The van der Waals surface area contributed by atoms with Crippen LogP contribution < -0.4 is 0 Å². The minimum Gasteiger partial charge on any atom is -0.381 e. The summed E-state index contributed by atoms with van der Waals surface area (Å²) in [5.74, 6) is 9.61. The molecule has 0 amide bonds. The number of ether oxygens (including phenoxy) is 1. The molecule has 2 rings (SSSR count). The summed E-state index contributed by atoms with van der Waals surface area (Å²) >= 11 is 0. The molecular formula is C22H38O. The summed E-state index contributed by atoms with van der Waals surface area (Å²) in [7, 11) is 1.85. The highest BCUT2D eigenvalue weighted by atomic mass is 16.5. The maximum absolute atomic E-state index is 5.45. The van der Waals surface area contributed by atoms with Crippen LogP contribution in [0.3, 0.4) is 0 Å². The van der Waals surface area contributed by atoms with Gasteiger partial charge in [-0.1, -0.05) is 57.3 Å². The van der Waals surface area contributed by atoms with Gasteiger partial charge in [0.25, 0.3) is 0 Å². The van der Waals surface area contributed by atoms with Crippen LogP contribution in [0.1, 0.15) is 96.8 Å². The first kappa shape index (κ1) is 18.9. The summed E-state index contributed by atoms with van der Waals surface area (Å²) in [5, 5.41) is 0. The first-order valence-electron chi connectivity index (χ1n) is 10.4. The molecule has 2 aliphatic carbocycles. The molecule has 0 bridgehead atoms. The van der Waals surface area contributed by atoms with Crippen LogP contribution in [0.15, 0.2) is 0 Å². The quantitative estimate of drug-likeness (QED) is 0.392. The summed E-state index contributed by atoms with van der Waals surface area (Å²) in [6, 6.07) is 0. The minimum atomic E-state index is 0.501. The van der Waals surface area contributed by atoms with Crippen molar-refractivity contribution >= 4 is 0 Å². The molecule has 0 aromatic carbocycles. The second kappa shape index (κ2) is 11.1. The molecule has 23 heavy (non-hydrogen) atoms. The van der Waals surface area contributed by atoms with E-state index in [0.29, 0.717) is 17.9 Å². The third kappa shape index (κ3) is 7.30. The lowest BCUT2D eigenvalue weighted by Gasteiger charge is -2.26. The fourth-order valence-corrected chi connectivity index (χ4v) is 4.31. The van der Waals surface area contributed by atoms with Gasteiger partial charge in [0.15, 0.2) is 0 Å². The van der Waals surface area contributed by atoms with E-state index in [2.05, 4.69) is 18.8 Å². The van der Waals surface area contributed by atoms with E-state index in [4.69, 9.17) is 4.74 Å². The number of methoxy groups -OCH3 is 1. The van der Waals surface area contributed by atoms with Crippen LogP contribution in [0.25, 0.3) is 0 Å². The van der Waals surface area contributed by atoms with Crippen molar-refractivity contribution in [2.75, 3.05) is 7.11 Å². The van der Waals surface area contributed by atoms with Gasteiger partial charge in [-0.25, -0.2) is 0 Å². The third-order valence-corrected chi connectivity index (χ3v) is 6.06. The van der Waals surface area contributed by atoms with E-state index < -0.39 is 0 Å². The molecule has 132 valence electrons. The normalized spacial score (nSPS) is 31.4. The van der Waals surface area contributed by atoms with Crippen LogP contribution in [-0.2, 0) is 4.74 Å². The Labute approximate surface area is 145 Å². The van der Waals surface area contributed by atoms with Gasteiger partial charge in [-0.15, -0.1) is 0 Å². The van der Waals surface area contributed by atoms with Gasteiger partial charge in [0.2, 0.25) is 0 Å². The Hall–Kier alpha value is -0.480. The molecule has 0 heterocycles. The van der Waals surface area contributed by atoms with Crippen LogP contribution in [0.5, 0.6) is 0 Å². The molecule has 1 nitrogen and oxygen atoms in total. The van der Waals surface area contributed by atoms with E-state index in [1.807, 2.05) is 7.11 Å². The van der Waals surface area contributed by atoms with Crippen LogP contribution in [-0.4, -0.2) is 13.2 Å². The van der Waals surface area contributed by atoms with Crippen molar-refractivity contribution in [2.24, 2.45) is 17.8 Å². The van der Waals surface area contributed by atoms with Crippen molar-refractivity contribution < 1.29 is 4.74 Å². The summed E-state index contributed by atoms with van der Waals surface area (Å²) < 4.78 is 5.45. The maximum atomic E-state index is 5.45. The first-order valence-corrected chi connectivity index (χ1v) is 10.4. The van der Waals surface area contributed by atoms with Crippen LogP contribution in [0.4, 0.5) is 0 Å². The van der Waals surface area contributed by atoms with Gasteiger partial charge >= 0.3 is 0 Å². The number of rotatable bonds is 7. The second-order valence-corrected chi connectivity index (χ2v) is 7.92. The van der Waals surface area contributed by atoms with Crippen molar-refractivity contribution in [3.8, 4) is 11.8 Å². The van der Waals surface area contributed by atoms with E-state index in [1.165, 1.54) is 89.9 Å². The van der Waals surface area contributed by atoms with Crippen molar-refractivity contribution in [3.63, 3.8) is 0 Å². The molecule has 0 spiro atoms. The molecule has 0 unspecified atom stereocenters. The molecule has 0 atom stereocenters. The molecule has 2 fully saturated rings. The molecule has 2 aliphatic rings. The molecule has 2 saturated carbocycles. The Morgan fingerprint density at radius 2 is 1.30 bits per heavy atom. The fraction of sp³-hybridized carbons (Fsp3) is 0.909. The topological polar surface area (TPSA) is 9.23 Å². The molecule has 0 aliphatic heterocycles. The van der Waals surface area contributed by atoms with Crippen LogP contribution in [0.2, 0.25) is 0 Å². The molecule has 0 aromatic heterocycles. The lowest BCUT2D eigenvalue weighted by Crippen LogP contribution is -2.19. The molecule has 0 N–H and O–H groups in total. The van der Waals surface area contributed by atoms with Crippen LogP contribution >= 0.6 is 0 Å². The molecule has 0 saturated heterocycles. The van der Waals surface area contributed by atoms with Crippen LogP contribution in [0, 0.1) is 29.6 Å². The van der Waals surface area contributed by atoms with E-state index in [9.17, 15) is 0 Å². The van der Waals surface area contributed by atoms with Gasteiger partial charge < -0.3 is 4.74 Å². The van der Waals surface area contributed by atoms with E-state index in [-0.39, 0.29) is 0 Å². The average molecular weight is 319 g/mol. The maximum Gasteiger partial charge on any atom is 0.0572 e. The SMILES string of the molecule is CCCCCCCC1CCC(C#CC2CCC(OC)CC2)CC1. The summed E-state index contributed by atoms with van der Waals surface area (Å²) in [6.45, 7) is 2.30. The summed E-state index contributed by atoms with van der Waals surface area (Å²) in [6.07, 6.45) is 19.6. The van der Waals surface area contributed by atoms with Crippen molar-refractivity contribution in [2.45, 2.75) is 103 Å². The van der Waals surface area contributed by atoms with Crippen molar-refractivity contribution in [1.29, 1.82) is 0 Å². The Kier molecular flexibility index (Phi) is 9.13.